The summed E-state index contributed by atoms with van der Waals surface area (Å²) in [6.45, 7) is 4.02. The minimum Gasteiger partial charge on any atom is -0.486 e. The van der Waals surface area contributed by atoms with Gasteiger partial charge in [0.2, 0.25) is 10.0 Å². The van der Waals surface area contributed by atoms with Gasteiger partial charge in [0.15, 0.2) is 17.3 Å². The molecule has 2 aliphatic rings. The number of hydrogen-bond donors (Lipinski definition) is 1. The fourth-order valence-electron chi connectivity index (χ4n) is 3.55. The maximum absolute atomic E-state index is 12.7. The average Bonchev–Trinajstić information content (AvgIpc) is 3.38. The molecule has 1 fully saturated rings. The number of nitrogens with zero attached hydrogens (tertiary/aromatic N) is 1. The molecule has 3 heterocycles. The molecule has 0 spiro atoms. The van der Waals surface area contributed by atoms with Crippen LogP contribution in [0.3, 0.4) is 0 Å². The number of ether oxygens (including phenoxy) is 2. The fourth-order valence-corrected chi connectivity index (χ4v) is 5.23. The Labute approximate surface area is 169 Å². The lowest BCUT2D eigenvalue weighted by molar-refractivity contribution is 0.0925. The van der Waals surface area contributed by atoms with Crippen LogP contribution in [0.2, 0.25) is 0 Å². The SMILES string of the molecule is Cc1oc(C(=O)NCCc2ccc3c(c2)OCCO3)cc1S(=O)(=O)N1CCCC1. The molecule has 0 saturated carbocycles. The predicted octanol–water partition coefficient (Wildman–Crippen LogP) is 2.12. The molecule has 2 aliphatic heterocycles. The fraction of sp³-hybridized carbons (Fsp3) is 0.450. The first kappa shape index (κ1) is 19.8. The van der Waals surface area contributed by atoms with Crippen LogP contribution in [0.15, 0.2) is 33.6 Å². The average molecular weight is 420 g/mol. The van der Waals surface area contributed by atoms with Crippen molar-refractivity contribution in [3.8, 4) is 11.5 Å². The first-order chi connectivity index (χ1) is 13.9. The summed E-state index contributed by atoms with van der Waals surface area (Å²) in [5.74, 6) is 1.23. The van der Waals surface area contributed by atoms with Crippen molar-refractivity contribution in [2.45, 2.75) is 31.1 Å². The van der Waals surface area contributed by atoms with E-state index in [2.05, 4.69) is 5.32 Å². The summed E-state index contributed by atoms with van der Waals surface area (Å²) in [6.07, 6.45) is 2.30. The Bertz CT molecular complexity index is 1010. The molecule has 1 amide bonds. The normalized spacial score (nSPS) is 16.7. The summed E-state index contributed by atoms with van der Waals surface area (Å²) < 4.78 is 43.4. The second-order valence-corrected chi connectivity index (χ2v) is 9.03. The number of rotatable bonds is 6. The largest absolute Gasteiger partial charge is 0.486 e. The Balaban J connectivity index is 1.38. The van der Waals surface area contributed by atoms with Crippen LogP contribution >= 0.6 is 0 Å². The van der Waals surface area contributed by atoms with Gasteiger partial charge in [0.25, 0.3) is 5.91 Å². The van der Waals surface area contributed by atoms with Gasteiger partial charge in [-0.2, -0.15) is 4.31 Å². The molecule has 1 aromatic heterocycles. The van der Waals surface area contributed by atoms with Crippen molar-refractivity contribution in [1.82, 2.24) is 9.62 Å². The highest BCUT2D eigenvalue weighted by Gasteiger charge is 2.31. The molecule has 2 aromatic rings. The van der Waals surface area contributed by atoms with E-state index in [0.29, 0.717) is 45.0 Å². The Hall–Kier alpha value is -2.52. The number of fused-ring (bicyclic) bond motifs is 1. The van der Waals surface area contributed by atoms with Crippen molar-refractivity contribution in [3.05, 3.63) is 41.3 Å². The van der Waals surface area contributed by atoms with Crippen molar-refractivity contribution < 1.29 is 27.1 Å². The van der Waals surface area contributed by atoms with Gasteiger partial charge >= 0.3 is 0 Å². The number of hydrogen-bond acceptors (Lipinski definition) is 6. The molecule has 0 atom stereocenters. The van der Waals surface area contributed by atoms with E-state index in [1.807, 2.05) is 18.2 Å². The second-order valence-electron chi connectivity index (χ2n) is 7.13. The van der Waals surface area contributed by atoms with E-state index in [1.54, 1.807) is 6.92 Å². The van der Waals surface area contributed by atoms with Crippen molar-refractivity contribution in [1.29, 1.82) is 0 Å². The number of aryl methyl sites for hydroxylation is 1. The minimum absolute atomic E-state index is 0.00227. The number of sulfonamides is 1. The molecular weight excluding hydrogens is 396 g/mol. The maximum Gasteiger partial charge on any atom is 0.287 e. The zero-order valence-electron chi connectivity index (χ0n) is 16.3. The topological polar surface area (TPSA) is 98.1 Å². The van der Waals surface area contributed by atoms with Gasteiger partial charge in [-0.05, 0) is 43.9 Å². The number of carbonyl (C=O) groups is 1. The van der Waals surface area contributed by atoms with Gasteiger partial charge < -0.3 is 19.2 Å². The van der Waals surface area contributed by atoms with Crippen LogP contribution in [0.4, 0.5) is 0 Å². The first-order valence-corrected chi connectivity index (χ1v) is 11.2. The van der Waals surface area contributed by atoms with E-state index in [9.17, 15) is 13.2 Å². The van der Waals surface area contributed by atoms with E-state index >= 15 is 0 Å². The molecule has 1 aromatic carbocycles. The van der Waals surface area contributed by atoms with E-state index in [1.165, 1.54) is 10.4 Å². The van der Waals surface area contributed by atoms with E-state index in [-0.39, 0.29) is 16.4 Å². The molecular formula is C20H24N2O6S. The number of nitrogens with one attached hydrogen (secondary N) is 1. The smallest absolute Gasteiger partial charge is 0.287 e. The summed E-state index contributed by atoms with van der Waals surface area (Å²) in [5.41, 5.74) is 1.00. The Morgan fingerprint density at radius 3 is 2.59 bits per heavy atom. The summed E-state index contributed by atoms with van der Waals surface area (Å²) >= 11 is 0. The standard InChI is InChI=1S/C20H24N2O6S/c1-14-19(29(24,25)22-8-2-3-9-22)13-18(28-14)20(23)21-7-6-15-4-5-16-17(12-15)27-11-10-26-16/h4-5,12-13H,2-3,6-11H2,1H3,(H,21,23). The van der Waals surface area contributed by atoms with Crippen molar-refractivity contribution >= 4 is 15.9 Å². The molecule has 0 radical (unpaired) electrons. The Morgan fingerprint density at radius 1 is 1.10 bits per heavy atom. The molecule has 4 rings (SSSR count). The highest BCUT2D eigenvalue weighted by atomic mass is 32.2. The van der Waals surface area contributed by atoms with E-state index in [4.69, 9.17) is 13.9 Å². The first-order valence-electron chi connectivity index (χ1n) is 9.72. The summed E-state index contributed by atoms with van der Waals surface area (Å²) in [4.78, 5) is 12.5. The van der Waals surface area contributed by atoms with Crippen LogP contribution in [0, 0.1) is 6.92 Å². The molecule has 156 valence electrons. The van der Waals surface area contributed by atoms with Crippen molar-refractivity contribution in [2.24, 2.45) is 0 Å². The van der Waals surface area contributed by atoms with Crippen LogP contribution in [-0.4, -0.2) is 51.5 Å². The summed E-state index contributed by atoms with van der Waals surface area (Å²) in [5, 5.41) is 2.78. The van der Waals surface area contributed by atoms with Crippen LogP contribution in [0.1, 0.15) is 34.7 Å². The quantitative estimate of drug-likeness (QED) is 0.769. The Kier molecular flexibility index (Phi) is 5.51. The lowest BCUT2D eigenvalue weighted by Gasteiger charge is -2.18. The van der Waals surface area contributed by atoms with Gasteiger partial charge in [0.1, 0.15) is 23.9 Å². The zero-order chi connectivity index (χ0) is 20.4. The van der Waals surface area contributed by atoms with E-state index < -0.39 is 15.9 Å². The highest BCUT2D eigenvalue weighted by molar-refractivity contribution is 7.89. The van der Waals surface area contributed by atoms with Crippen LogP contribution in [0.5, 0.6) is 11.5 Å². The molecule has 9 heteroatoms. The van der Waals surface area contributed by atoms with Crippen LogP contribution in [0.25, 0.3) is 0 Å². The summed E-state index contributed by atoms with van der Waals surface area (Å²) in [7, 11) is -3.62. The van der Waals surface area contributed by atoms with Gasteiger partial charge in [-0.25, -0.2) is 8.42 Å². The van der Waals surface area contributed by atoms with Gasteiger partial charge in [-0.1, -0.05) is 6.07 Å². The number of benzene rings is 1. The molecule has 1 saturated heterocycles. The van der Waals surface area contributed by atoms with Crippen LogP contribution < -0.4 is 14.8 Å². The molecule has 8 nitrogen and oxygen atoms in total. The van der Waals surface area contributed by atoms with Crippen LogP contribution in [-0.2, 0) is 16.4 Å². The second kappa shape index (κ2) is 8.08. The molecule has 0 bridgehead atoms. The Morgan fingerprint density at radius 2 is 1.83 bits per heavy atom. The van der Waals surface area contributed by atoms with Gasteiger partial charge in [-0.3, -0.25) is 4.79 Å². The number of furan rings is 1. The molecule has 0 aliphatic carbocycles. The van der Waals surface area contributed by atoms with Gasteiger partial charge in [0, 0.05) is 25.7 Å². The third-order valence-electron chi connectivity index (χ3n) is 5.08. The molecule has 1 N–H and O–H groups in total. The zero-order valence-corrected chi connectivity index (χ0v) is 17.1. The monoisotopic (exact) mass is 420 g/mol. The highest BCUT2D eigenvalue weighted by Crippen LogP contribution is 2.31. The molecule has 29 heavy (non-hydrogen) atoms. The third-order valence-corrected chi connectivity index (χ3v) is 7.09. The van der Waals surface area contributed by atoms with Crippen molar-refractivity contribution in [2.75, 3.05) is 32.8 Å². The van der Waals surface area contributed by atoms with E-state index in [0.717, 1.165) is 24.2 Å². The van der Waals surface area contributed by atoms with Gasteiger partial charge in [-0.15, -0.1) is 0 Å². The number of amides is 1. The maximum atomic E-state index is 12.7. The predicted molar refractivity (Wildman–Crippen MR) is 105 cm³/mol. The minimum atomic E-state index is -3.62. The third kappa shape index (κ3) is 4.11. The lowest BCUT2D eigenvalue weighted by Crippen LogP contribution is -2.28. The summed E-state index contributed by atoms with van der Waals surface area (Å²) in [6, 6.07) is 7.01. The lowest BCUT2D eigenvalue weighted by atomic mass is 10.1. The van der Waals surface area contributed by atoms with Crippen molar-refractivity contribution in [3.63, 3.8) is 0 Å². The molecule has 0 unspecified atom stereocenters. The van der Waals surface area contributed by atoms with Gasteiger partial charge in [0.05, 0.1) is 0 Å². The number of carbonyl (C=O) groups excluding carboxylic acids is 1.